The number of rotatable bonds is 5. The van der Waals surface area contributed by atoms with Crippen molar-refractivity contribution in [2.24, 2.45) is 0 Å². The molecule has 0 bridgehead atoms. The van der Waals surface area contributed by atoms with Crippen molar-refractivity contribution >= 4 is 17.9 Å². The lowest BCUT2D eigenvalue weighted by molar-refractivity contribution is -0.144. The van der Waals surface area contributed by atoms with Gasteiger partial charge in [-0.1, -0.05) is 0 Å². The quantitative estimate of drug-likeness (QED) is 0.523. The molecule has 0 aromatic heterocycles. The van der Waals surface area contributed by atoms with E-state index >= 15 is 0 Å². The van der Waals surface area contributed by atoms with E-state index in [0.29, 0.717) is 0 Å². The Balaban J connectivity index is 4.14. The smallest absolute Gasteiger partial charge is 0.312 e. The van der Waals surface area contributed by atoms with Crippen LogP contribution in [-0.4, -0.2) is 33.2 Å². The number of hydrogen-bond donors (Lipinski definition) is 3. The Labute approximate surface area is 67.4 Å². The van der Waals surface area contributed by atoms with Crippen LogP contribution in [0.5, 0.6) is 0 Å². The zero-order chi connectivity index (χ0) is 9.72. The van der Waals surface area contributed by atoms with E-state index in [1.165, 1.54) is 0 Å². The van der Waals surface area contributed by atoms with Gasteiger partial charge in [-0.3, -0.25) is 14.4 Å². The summed E-state index contributed by atoms with van der Waals surface area (Å²) in [6.07, 6.45) is -1.50. The van der Waals surface area contributed by atoms with Gasteiger partial charge in [0.1, 0.15) is 5.92 Å². The molecule has 0 atom stereocenters. The average molecular weight is 175 g/mol. The molecule has 0 saturated carbocycles. The van der Waals surface area contributed by atoms with Gasteiger partial charge in [-0.2, -0.15) is 0 Å². The second-order valence-electron chi connectivity index (χ2n) is 2.05. The monoisotopic (exact) mass is 175 g/mol. The minimum atomic E-state index is -1.49. The predicted molar refractivity (Wildman–Crippen MR) is 35.4 cm³/mol. The van der Waals surface area contributed by atoms with Crippen molar-refractivity contribution in [1.29, 1.82) is 0 Å². The fraction of sp³-hybridized carbons (Fsp3) is 0.333. The molecule has 0 spiro atoms. The number of aliphatic carboxylic acids is 3. The van der Waals surface area contributed by atoms with Crippen LogP contribution in [0.3, 0.4) is 0 Å². The van der Waals surface area contributed by atoms with Crippen LogP contribution in [-0.2, 0) is 14.4 Å². The molecule has 12 heavy (non-hydrogen) atoms. The van der Waals surface area contributed by atoms with Gasteiger partial charge in [0.25, 0.3) is 0 Å². The van der Waals surface area contributed by atoms with Gasteiger partial charge >= 0.3 is 17.9 Å². The van der Waals surface area contributed by atoms with Gasteiger partial charge in [-0.05, 0) is 0 Å². The molecule has 0 saturated heterocycles. The molecule has 0 aromatic rings. The lowest BCUT2D eigenvalue weighted by Gasteiger charge is -2.03. The zero-order valence-electron chi connectivity index (χ0n) is 5.98. The summed E-state index contributed by atoms with van der Waals surface area (Å²) in [6.45, 7) is 0. The van der Waals surface area contributed by atoms with Crippen LogP contribution in [0.1, 0.15) is 12.8 Å². The van der Waals surface area contributed by atoms with Crippen LogP contribution in [0.2, 0.25) is 0 Å². The van der Waals surface area contributed by atoms with Crippen molar-refractivity contribution in [1.82, 2.24) is 0 Å². The summed E-state index contributed by atoms with van der Waals surface area (Å²) in [4.78, 5) is 30.2. The standard InChI is InChI=1S/C6H7O6/c7-4(8)1-3(6(11)12)2-5(9)10/h1-2H2,(H,7,8)(H,9,10)(H,11,12). The molecule has 3 N–H and O–H groups in total. The fourth-order valence-corrected chi connectivity index (χ4v) is 0.579. The summed E-state index contributed by atoms with van der Waals surface area (Å²) >= 11 is 0. The minimum Gasteiger partial charge on any atom is -0.481 e. The average Bonchev–Trinajstić information content (AvgIpc) is 1.83. The van der Waals surface area contributed by atoms with Crippen LogP contribution in [0.4, 0.5) is 0 Å². The van der Waals surface area contributed by atoms with Crippen LogP contribution in [0.25, 0.3) is 0 Å². The van der Waals surface area contributed by atoms with E-state index in [0.717, 1.165) is 0 Å². The molecule has 6 nitrogen and oxygen atoms in total. The SMILES string of the molecule is O=C(O)C[C](CC(=O)O)C(=O)O. The van der Waals surface area contributed by atoms with E-state index in [4.69, 9.17) is 15.3 Å². The summed E-state index contributed by atoms with van der Waals surface area (Å²) < 4.78 is 0. The molecule has 6 heteroatoms. The Bertz CT molecular complexity index is 192. The Morgan fingerprint density at radius 2 is 1.17 bits per heavy atom. The normalized spacial score (nSPS) is 9.75. The van der Waals surface area contributed by atoms with E-state index in [1.807, 2.05) is 0 Å². The van der Waals surface area contributed by atoms with E-state index in [-0.39, 0.29) is 0 Å². The lowest BCUT2D eigenvalue weighted by atomic mass is 10.0. The third kappa shape index (κ3) is 4.26. The fourth-order valence-electron chi connectivity index (χ4n) is 0.579. The highest BCUT2D eigenvalue weighted by atomic mass is 16.4. The van der Waals surface area contributed by atoms with Gasteiger partial charge in [0, 0.05) is 0 Å². The van der Waals surface area contributed by atoms with Crippen molar-refractivity contribution in [2.75, 3.05) is 0 Å². The molecule has 0 aromatic carbocycles. The first-order chi connectivity index (χ1) is 5.43. The highest BCUT2D eigenvalue weighted by Crippen LogP contribution is 2.11. The van der Waals surface area contributed by atoms with Crippen LogP contribution in [0, 0.1) is 5.92 Å². The zero-order valence-corrected chi connectivity index (χ0v) is 5.98. The maximum atomic E-state index is 10.2. The van der Waals surface area contributed by atoms with Gasteiger partial charge in [-0.25, -0.2) is 0 Å². The molecule has 0 aliphatic carbocycles. The van der Waals surface area contributed by atoms with Crippen LogP contribution in [0.15, 0.2) is 0 Å². The molecule has 0 fully saturated rings. The van der Waals surface area contributed by atoms with Gasteiger partial charge in [0.05, 0.1) is 12.8 Å². The topological polar surface area (TPSA) is 112 Å². The van der Waals surface area contributed by atoms with Crippen LogP contribution >= 0.6 is 0 Å². The van der Waals surface area contributed by atoms with Crippen molar-refractivity contribution < 1.29 is 29.7 Å². The molecular weight excluding hydrogens is 168 g/mol. The first-order valence-electron chi connectivity index (χ1n) is 2.95. The van der Waals surface area contributed by atoms with Crippen molar-refractivity contribution in [3.63, 3.8) is 0 Å². The predicted octanol–water partition coefficient (Wildman–Crippen LogP) is -0.405. The summed E-state index contributed by atoms with van der Waals surface area (Å²) in [7, 11) is 0. The summed E-state index contributed by atoms with van der Waals surface area (Å²) in [5.41, 5.74) is 0. The number of carbonyl (C=O) groups is 3. The van der Waals surface area contributed by atoms with E-state index < -0.39 is 36.7 Å². The Hall–Kier alpha value is -1.59. The van der Waals surface area contributed by atoms with E-state index in [2.05, 4.69) is 0 Å². The van der Waals surface area contributed by atoms with Crippen molar-refractivity contribution in [3.8, 4) is 0 Å². The number of carboxylic acid groups (broad SMARTS) is 3. The first-order valence-corrected chi connectivity index (χ1v) is 2.95. The highest BCUT2D eigenvalue weighted by Gasteiger charge is 2.24. The summed E-state index contributed by atoms with van der Waals surface area (Å²) in [6, 6.07) is 0. The molecule has 0 aliphatic heterocycles. The Morgan fingerprint density at radius 3 is 1.33 bits per heavy atom. The molecule has 0 heterocycles. The lowest BCUT2D eigenvalue weighted by Crippen LogP contribution is -2.18. The molecule has 67 valence electrons. The number of carboxylic acids is 3. The third-order valence-corrected chi connectivity index (χ3v) is 1.03. The minimum absolute atomic E-state index is 0.532. The summed E-state index contributed by atoms with van der Waals surface area (Å²) in [5, 5.41) is 24.6. The second kappa shape index (κ2) is 4.32. The molecule has 0 rings (SSSR count). The second-order valence-corrected chi connectivity index (χ2v) is 2.05. The first kappa shape index (κ1) is 10.4. The molecule has 0 amide bonds. The Morgan fingerprint density at radius 1 is 0.833 bits per heavy atom. The molecule has 0 aliphatic rings. The van der Waals surface area contributed by atoms with Gasteiger partial charge in [0.2, 0.25) is 0 Å². The molecule has 1 radical (unpaired) electrons. The van der Waals surface area contributed by atoms with E-state index in [1.54, 1.807) is 0 Å². The summed E-state index contributed by atoms with van der Waals surface area (Å²) in [5.74, 6) is -4.72. The third-order valence-electron chi connectivity index (χ3n) is 1.03. The maximum Gasteiger partial charge on any atom is 0.312 e. The van der Waals surface area contributed by atoms with E-state index in [9.17, 15) is 14.4 Å². The van der Waals surface area contributed by atoms with Gasteiger partial charge in [0.15, 0.2) is 0 Å². The van der Waals surface area contributed by atoms with Gasteiger partial charge in [-0.15, -0.1) is 0 Å². The largest absolute Gasteiger partial charge is 0.481 e. The van der Waals surface area contributed by atoms with Crippen molar-refractivity contribution in [2.45, 2.75) is 12.8 Å². The highest BCUT2D eigenvalue weighted by molar-refractivity contribution is 5.92. The maximum absolute atomic E-state index is 10.2. The number of hydrogen-bond acceptors (Lipinski definition) is 3. The van der Waals surface area contributed by atoms with Crippen molar-refractivity contribution in [3.05, 3.63) is 5.92 Å². The Kier molecular flexibility index (Phi) is 3.75. The van der Waals surface area contributed by atoms with Crippen LogP contribution < -0.4 is 0 Å². The molecular formula is C6H7O6. The molecule has 0 unspecified atom stereocenters. The van der Waals surface area contributed by atoms with Gasteiger partial charge < -0.3 is 15.3 Å².